The molecule has 2 aromatic rings. The van der Waals surface area contributed by atoms with Gasteiger partial charge in [-0.05, 0) is 29.8 Å². The van der Waals surface area contributed by atoms with E-state index in [-0.39, 0.29) is 12.4 Å². The molecule has 2 aromatic carbocycles. The van der Waals surface area contributed by atoms with E-state index in [9.17, 15) is 9.18 Å². The fraction of sp³-hybridized carbons (Fsp3) is 0.0667. The molecule has 7 heteroatoms. The van der Waals surface area contributed by atoms with Crippen LogP contribution in [0.1, 0.15) is 15.9 Å². The Balaban J connectivity index is 1.72. The van der Waals surface area contributed by atoms with Crippen molar-refractivity contribution in [2.24, 2.45) is 5.10 Å². The summed E-state index contributed by atoms with van der Waals surface area (Å²) in [4.78, 5) is 11.8. The maximum atomic E-state index is 13.4. The summed E-state index contributed by atoms with van der Waals surface area (Å²) in [5, 5.41) is 4.17. The van der Waals surface area contributed by atoms with Gasteiger partial charge in [0.25, 0.3) is 5.91 Å². The van der Waals surface area contributed by atoms with Crippen molar-refractivity contribution >= 4 is 23.7 Å². The summed E-state index contributed by atoms with van der Waals surface area (Å²) >= 11 is 6.03. The second-order valence-electron chi connectivity index (χ2n) is 4.42. The van der Waals surface area contributed by atoms with E-state index < -0.39 is 11.7 Å². The molecule has 0 radical (unpaired) electrons. The number of hydrazone groups is 1. The Morgan fingerprint density at radius 3 is 2.95 bits per heavy atom. The van der Waals surface area contributed by atoms with E-state index >= 15 is 0 Å². The highest BCUT2D eigenvalue weighted by molar-refractivity contribution is 6.32. The molecule has 0 unspecified atom stereocenters. The van der Waals surface area contributed by atoms with Gasteiger partial charge in [-0.25, -0.2) is 9.82 Å². The van der Waals surface area contributed by atoms with Gasteiger partial charge >= 0.3 is 0 Å². The van der Waals surface area contributed by atoms with Crippen molar-refractivity contribution in [1.29, 1.82) is 0 Å². The lowest BCUT2D eigenvalue weighted by Crippen LogP contribution is -2.18. The summed E-state index contributed by atoms with van der Waals surface area (Å²) in [6.07, 6.45) is 1.38. The number of carbonyl (C=O) groups excluding carboxylic acids is 1. The molecule has 1 N–H and O–H groups in total. The third kappa shape index (κ3) is 2.87. The van der Waals surface area contributed by atoms with Gasteiger partial charge in [0.05, 0.1) is 16.8 Å². The number of benzene rings is 2. The van der Waals surface area contributed by atoms with Crippen LogP contribution in [0.2, 0.25) is 5.02 Å². The van der Waals surface area contributed by atoms with Crippen LogP contribution in [0.5, 0.6) is 11.5 Å². The van der Waals surface area contributed by atoms with Gasteiger partial charge in [0.1, 0.15) is 5.82 Å². The number of halogens is 2. The van der Waals surface area contributed by atoms with Gasteiger partial charge in [0, 0.05) is 0 Å². The molecule has 5 nitrogen and oxygen atoms in total. The van der Waals surface area contributed by atoms with Crippen LogP contribution < -0.4 is 14.9 Å². The summed E-state index contributed by atoms with van der Waals surface area (Å²) in [6, 6.07) is 8.94. The lowest BCUT2D eigenvalue weighted by atomic mass is 10.2. The average molecular weight is 321 g/mol. The quantitative estimate of drug-likeness (QED) is 0.698. The molecule has 3 rings (SSSR count). The van der Waals surface area contributed by atoms with Crippen LogP contribution in [0, 0.1) is 5.82 Å². The minimum absolute atomic E-state index is 0.0802. The van der Waals surface area contributed by atoms with E-state index in [1.54, 1.807) is 18.2 Å². The van der Waals surface area contributed by atoms with E-state index in [0.29, 0.717) is 22.1 Å². The summed E-state index contributed by atoms with van der Waals surface area (Å²) in [6.45, 7) is 0.111. The summed E-state index contributed by atoms with van der Waals surface area (Å²) in [7, 11) is 0. The number of nitrogens with zero attached hydrogens (tertiary/aromatic N) is 1. The largest absolute Gasteiger partial charge is 0.454 e. The normalized spacial score (nSPS) is 12.6. The number of hydrogen-bond donors (Lipinski definition) is 1. The molecule has 1 aliphatic rings. The molecule has 0 aliphatic carbocycles. The monoisotopic (exact) mass is 320 g/mol. The second kappa shape index (κ2) is 6.03. The topological polar surface area (TPSA) is 59.9 Å². The zero-order valence-corrected chi connectivity index (χ0v) is 11.9. The number of hydrogen-bond acceptors (Lipinski definition) is 4. The SMILES string of the molecule is O=C(N/N=C\c1cc(Cl)c2c(c1)OCO2)c1ccccc1F. The smallest absolute Gasteiger partial charge is 0.274 e. The van der Waals surface area contributed by atoms with Crippen molar-refractivity contribution in [2.45, 2.75) is 0 Å². The van der Waals surface area contributed by atoms with Crippen molar-refractivity contribution in [3.63, 3.8) is 0 Å². The van der Waals surface area contributed by atoms with Gasteiger partial charge in [-0.3, -0.25) is 4.79 Å². The van der Waals surface area contributed by atoms with Crippen LogP contribution in [0.3, 0.4) is 0 Å². The lowest BCUT2D eigenvalue weighted by Gasteiger charge is -2.02. The first-order chi connectivity index (χ1) is 10.6. The highest BCUT2D eigenvalue weighted by atomic mass is 35.5. The number of fused-ring (bicyclic) bond motifs is 1. The molecular formula is C15H10ClFN2O3. The van der Waals surface area contributed by atoms with Crippen molar-refractivity contribution < 1.29 is 18.7 Å². The maximum absolute atomic E-state index is 13.4. The first kappa shape index (κ1) is 14.3. The zero-order chi connectivity index (χ0) is 15.5. The second-order valence-corrected chi connectivity index (χ2v) is 4.82. The summed E-state index contributed by atoms with van der Waals surface area (Å²) in [5.41, 5.74) is 2.78. The third-order valence-electron chi connectivity index (χ3n) is 2.95. The fourth-order valence-corrected chi connectivity index (χ4v) is 2.21. The van der Waals surface area contributed by atoms with Gasteiger partial charge in [-0.2, -0.15) is 5.10 Å². The number of rotatable bonds is 3. The third-order valence-corrected chi connectivity index (χ3v) is 3.23. The first-order valence-corrected chi connectivity index (χ1v) is 6.70. The molecule has 0 saturated heterocycles. The Morgan fingerprint density at radius 2 is 2.14 bits per heavy atom. The Bertz CT molecular complexity index is 764. The molecule has 22 heavy (non-hydrogen) atoms. The van der Waals surface area contributed by atoms with Crippen LogP contribution >= 0.6 is 11.6 Å². The lowest BCUT2D eigenvalue weighted by molar-refractivity contribution is 0.0951. The molecule has 0 fully saturated rings. The first-order valence-electron chi connectivity index (χ1n) is 6.32. The van der Waals surface area contributed by atoms with Crippen LogP contribution in [0.15, 0.2) is 41.5 Å². The molecule has 0 spiro atoms. The maximum Gasteiger partial charge on any atom is 0.274 e. The van der Waals surface area contributed by atoms with Gasteiger partial charge < -0.3 is 9.47 Å². The summed E-state index contributed by atoms with van der Waals surface area (Å²) < 4.78 is 23.8. The fourth-order valence-electron chi connectivity index (χ4n) is 1.93. The molecule has 0 atom stereocenters. The van der Waals surface area contributed by atoms with Gasteiger partial charge in [0.2, 0.25) is 6.79 Å². The summed E-state index contributed by atoms with van der Waals surface area (Å²) in [5.74, 6) is -0.258. The predicted octanol–water partition coefficient (Wildman–Crippen LogP) is 2.97. The highest BCUT2D eigenvalue weighted by Crippen LogP contribution is 2.39. The molecule has 112 valence electrons. The molecule has 1 aliphatic heterocycles. The van der Waals surface area contributed by atoms with Crippen LogP contribution in [-0.4, -0.2) is 18.9 Å². The Morgan fingerprint density at radius 1 is 1.32 bits per heavy atom. The number of amides is 1. The van der Waals surface area contributed by atoms with E-state index in [4.69, 9.17) is 21.1 Å². The van der Waals surface area contributed by atoms with Gasteiger partial charge in [0.15, 0.2) is 11.5 Å². The molecular weight excluding hydrogens is 311 g/mol. The zero-order valence-electron chi connectivity index (χ0n) is 11.2. The van der Waals surface area contributed by atoms with Crippen molar-refractivity contribution in [3.05, 3.63) is 58.4 Å². The van der Waals surface area contributed by atoms with Crippen LogP contribution in [0.25, 0.3) is 0 Å². The van der Waals surface area contributed by atoms with E-state index in [0.717, 1.165) is 0 Å². The minimum atomic E-state index is -0.638. The Kier molecular flexibility index (Phi) is 3.93. The highest BCUT2D eigenvalue weighted by Gasteiger charge is 2.17. The number of carbonyl (C=O) groups is 1. The van der Waals surface area contributed by atoms with Crippen molar-refractivity contribution in [3.8, 4) is 11.5 Å². The van der Waals surface area contributed by atoms with Crippen LogP contribution in [0.4, 0.5) is 4.39 Å². The molecule has 1 heterocycles. The van der Waals surface area contributed by atoms with Crippen LogP contribution in [-0.2, 0) is 0 Å². The number of ether oxygens (including phenoxy) is 2. The standard InChI is InChI=1S/C15H10ClFN2O3/c16-11-5-9(6-13-14(11)22-8-21-13)7-18-19-15(20)10-3-1-2-4-12(10)17/h1-7H,8H2,(H,19,20)/b18-7-. The van der Waals surface area contributed by atoms with E-state index in [1.165, 1.54) is 24.4 Å². The average Bonchev–Trinajstić information content (AvgIpc) is 2.96. The van der Waals surface area contributed by atoms with Gasteiger partial charge in [-0.1, -0.05) is 23.7 Å². The Labute approximate surface area is 130 Å². The number of nitrogens with one attached hydrogen (secondary N) is 1. The van der Waals surface area contributed by atoms with E-state index in [2.05, 4.69) is 10.5 Å². The Hall–Kier alpha value is -2.60. The van der Waals surface area contributed by atoms with E-state index in [1.807, 2.05) is 0 Å². The minimum Gasteiger partial charge on any atom is -0.454 e. The predicted molar refractivity (Wildman–Crippen MR) is 79.0 cm³/mol. The molecule has 0 bridgehead atoms. The molecule has 1 amide bonds. The van der Waals surface area contributed by atoms with Gasteiger partial charge in [-0.15, -0.1) is 0 Å². The van der Waals surface area contributed by atoms with Crippen molar-refractivity contribution in [2.75, 3.05) is 6.79 Å². The molecule has 0 aromatic heterocycles. The van der Waals surface area contributed by atoms with Crippen molar-refractivity contribution in [1.82, 2.24) is 5.43 Å². The molecule has 0 saturated carbocycles.